The zero-order valence-electron chi connectivity index (χ0n) is 20.1. The van der Waals surface area contributed by atoms with Crippen LogP contribution in [-0.4, -0.2) is 72.6 Å². The number of benzene rings is 2. The molecule has 2 aliphatic rings. The summed E-state index contributed by atoms with van der Waals surface area (Å²) in [5.74, 6) is -0.821. The summed E-state index contributed by atoms with van der Waals surface area (Å²) in [4.78, 5) is 30.3. The van der Waals surface area contributed by atoms with E-state index in [9.17, 15) is 14.7 Å². The van der Waals surface area contributed by atoms with Crippen LogP contribution >= 0.6 is 0 Å². The van der Waals surface area contributed by atoms with Gasteiger partial charge in [-0.25, -0.2) is 0 Å². The number of aliphatic hydroxyl groups is 1. The van der Waals surface area contributed by atoms with Crippen LogP contribution in [0.4, 0.5) is 0 Å². The van der Waals surface area contributed by atoms with Gasteiger partial charge in [-0.15, -0.1) is 0 Å². The van der Waals surface area contributed by atoms with Crippen molar-refractivity contribution in [3.63, 3.8) is 0 Å². The predicted octanol–water partition coefficient (Wildman–Crippen LogP) is 3.70. The largest absolute Gasteiger partial charge is 0.507 e. The predicted molar refractivity (Wildman–Crippen MR) is 134 cm³/mol. The average Bonchev–Trinajstić information content (AvgIpc) is 3.13. The lowest BCUT2D eigenvalue weighted by Crippen LogP contribution is -2.38. The number of hydrogen-bond acceptors (Lipinski definition) is 6. The number of aryl methyl sites for hydroxylation is 1. The Hall–Kier alpha value is -3.42. The Morgan fingerprint density at radius 3 is 2.60 bits per heavy atom. The minimum atomic E-state index is -0.701. The molecule has 2 aromatic rings. The zero-order valence-corrected chi connectivity index (χ0v) is 20.1. The van der Waals surface area contributed by atoms with Crippen LogP contribution in [-0.2, 0) is 14.3 Å². The molecule has 2 saturated heterocycles. The first-order valence-electron chi connectivity index (χ1n) is 12.0. The zero-order chi connectivity index (χ0) is 24.8. The van der Waals surface area contributed by atoms with Gasteiger partial charge in [0.2, 0.25) is 0 Å². The van der Waals surface area contributed by atoms with Crippen LogP contribution in [0, 0.1) is 6.92 Å². The van der Waals surface area contributed by atoms with Crippen LogP contribution in [0.25, 0.3) is 5.76 Å². The lowest BCUT2D eigenvalue weighted by Gasteiger charge is -2.29. The van der Waals surface area contributed by atoms with Gasteiger partial charge in [-0.1, -0.05) is 54.6 Å². The molecule has 1 amide bonds. The monoisotopic (exact) mass is 476 g/mol. The Morgan fingerprint density at radius 1 is 1.14 bits per heavy atom. The number of rotatable bonds is 9. The number of Topliss-reactive ketones (excluding diaryl/α,β-unsaturated/α-hetero) is 1. The molecule has 2 aromatic carbocycles. The van der Waals surface area contributed by atoms with Gasteiger partial charge >= 0.3 is 0 Å². The number of ketones is 1. The van der Waals surface area contributed by atoms with Gasteiger partial charge in [-0.05, 0) is 31.0 Å². The molecule has 184 valence electrons. The van der Waals surface area contributed by atoms with Crippen LogP contribution in [0.3, 0.4) is 0 Å². The van der Waals surface area contributed by atoms with Crippen molar-refractivity contribution in [1.29, 1.82) is 0 Å². The molecule has 35 heavy (non-hydrogen) atoms. The maximum absolute atomic E-state index is 13.2. The summed E-state index contributed by atoms with van der Waals surface area (Å²) in [6.07, 6.45) is 2.36. The third kappa shape index (κ3) is 5.63. The van der Waals surface area contributed by atoms with Crippen molar-refractivity contribution in [2.24, 2.45) is 0 Å². The molecule has 2 aliphatic heterocycles. The van der Waals surface area contributed by atoms with E-state index < -0.39 is 17.7 Å². The van der Waals surface area contributed by atoms with E-state index >= 15 is 0 Å². The fourth-order valence-electron chi connectivity index (χ4n) is 4.54. The number of nitrogens with zero attached hydrogens (tertiary/aromatic N) is 2. The number of hydrogen-bond donors (Lipinski definition) is 1. The second kappa shape index (κ2) is 11.3. The minimum absolute atomic E-state index is 0.103. The highest BCUT2D eigenvalue weighted by atomic mass is 16.5. The SMILES string of the molecule is C=CCOc1cccc([C@H]2/C(=C(\O)c3ccc(C)cc3)C(=O)C(=O)N2CCCN2CCOCC2)c1. The normalized spacial score (nSPS) is 20.3. The molecular weight excluding hydrogens is 444 g/mol. The summed E-state index contributed by atoms with van der Waals surface area (Å²) in [7, 11) is 0. The summed E-state index contributed by atoms with van der Waals surface area (Å²) in [5.41, 5.74) is 2.36. The maximum atomic E-state index is 13.2. The van der Waals surface area contributed by atoms with Gasteiger partial charge in [0.05, 0.1) is 24.8 Å². The molecule has 0 spiro atoms. The first kappa shape index (κ1) is 24.7. The Kier molecular flexibility index (Phi) is 8.00. The fourth-order valence-corrected chi connectivity index (χ4v) is 4.54. The van der Waals surface area contributed by atoms with E-state index in [1.807, 2.05) is 43.3 Å². The third-order valence-electron chi connectivity index (χ3n) is 6.38. The van der Waals surface area contributed by atoms with Crippen LogP contribution in [0.5, 0.6) is 5.75 Å². The van der Waals surface area contributed by atoms with Gasteiger partial charge in [-0.2, -0.15) is 0 Å². The van der Waals surface area contributed by atoms with E-state index in [4.69, 9.17) is 9.47 Å². The number of morpholine rings is 1. The maximum Gasteiger partial charge on any atom is 0.295 e. The molecular formula is C28H32N2O5. The van der Waals surface area contributed by atoms with E-state index in [2.05, 4.69) is 11.5 Å². The second-order valence-corrected chi connectivity index (χ2v) is 8.84. The summed E-state index contributed by atoms with van der Waals surface area (Å²) < 4.78 is 11.1. The topological polar surface area (TPSA) is 79.3 Å². The van der Waals surface area contributed by atoms with E-state index in [1.54, 1.807) is 23.1 Å². The van der Waals surface area contributed by atoms with Crippen LogP contribution in [0.1, 0.15) is 29.2 Å². The molecule has 1 N–H and O–H groups in total. The van der Waals surface area contributed by atoms with E-state index in [0.717, 1.165) is 25.2 Å². The van der Waals surface area contributed by atoms with Gasteiger partial charge in [0.1, 0.15) is 18.1 Å². The Morgan fingerprint density at radius 2 is 1.89 bits per heavy atom. The molecule has 0 unspecified atom stereocenters. The van der Waals surface area contributed by atoms with Gasteiger partial charge in [0.25, 0.3) is 11.7 Å². The molecule has 0 bridgehead atoms. The highest BCUT2D eigenvalue weighted by Crippen LogP contribution is 2.40. The first-order chi connectivity index (χ1) is 17.0. The molecule has 0 aliphatic carbocycles. The molecule has 0 saturated carbocycles. The average molecular weight is 477 g/mol. The number of carbonyl (C=O) groups is 2. The Balaban J connectivity index is 1.68. The van der Waals surface area contributed by atoms with Crippen molar-refractivity contribution in [1.82, 2.24) is 9.80 Å². The second-order valence-electron chi connectivity index (χ2n) is 8.84. The highest BCUT2D eigenvalue weighted by molar-refractivity contribution is 6.46. The van der Waals surface area contributed by atoms with Crippen molar-refractivity contribution in [3.8, 4) is 5.75 Å². The quantitative estimate of drug-likeness (QED) is 0.257. The van der Waals surface area contributed by atoms with Crippen LogP contribution in [0.2, 0.25) is 0 Å². The Bertz CT molecular complexity index is 1100. The molecule has 2 fully saturated rings. The molecule has 7 nitrogen and oxygen atoms in total. The highest BCUT2D eigenvalue weighted by Gasteiger charge is 2.45. The molecule has 7 heteroatoms. The fraction of sp³-hybridized carbons (Fsp3) is 0.357. The van der Waals surface area contributed by atoms with Crippen molar-refractivity contribution < 1.29 is 24.2 Å². The van der Waals surface area contributed by atoms with Gasteiger partial charge < -0.3 is 19.5 Å². The standard InChI is InChI=1S/C28H32N2O5/c1-3-16-35-23-7-4-6-22(19-23)25-24(26(31)21-10-8-20(2)9-11-21)27(32)28(33)30(25)13-5-12-29-14-17-34-18-15-29/h3-4,6-11,19,25,31H,1,5,12-18H2,2H3/b26-24+/t25-/m0/s1. The summed E-state index contributed by atoms with van der Waals surface area (Å²) in [5, 5.41) is 11.2. The van der Waals surface area contributed by atoms with E-state index in [-0.39, 0.29) is 11.3 Å². The lowest BCUT2D eigenvalue weighted by molar-refractivity contribution is -0.140. The van der Waals surface area contributed by atoms with Crippen molar-refractivity contribution in [3.05, 3.63) is 83.4 Å². The third-order valence-corrected chi connectivity index (χ3v) is 6.38. The lowest BCUT2D eigenvalue weighted by atomic mass is 9.95. The summed E-state index contributed by atoms with van der Waals surface area (Å²) >= 11 is 0. The molecule has 4 rings (SSSR count). The van der Waals surface area contributed by atoms with Gasteiger partial charge in [0, 0.05) is 31.7 Å². The van der Waals surface area contributed by atoms with Crippen molar-refractivity contribution in [2.45, 2.75) is 19.4 Å². The van der Waals surface area contributed by atoms with Crippen molar-refractivity contribution in [2.75, 3.05) is 46.0 Å². The molecule has 0 radical (unpaired) electrons. The van der Waals surface area contributed by atoms with E-state index in [0.29, 0.717) is 49.7 Å². The van der Waals surface area contributed by atoms with Crippen LogP contribution in [0.15, 0.2) is 66.8 Å². The molecule has 1 atom stereocenters. The van der Waals surface area contributed by atoms with Crippen molar-refractivity contribution >= 4 is 17.4 Å². The van der Waals surface area contributed by atoms with E-state index in [1.165, 1.54) is 0 Å². The Labute approximate surface area is 206 Å². The molecule has 2 heterocycles. The molecule has 0 aromatic heterocycles. The number of carbonyl (C=O) groups excluding carboxylic acids is 2. The van der Waals surface area contributed by atoms with Gasteiger partial charge in [-0.3, -0.25) is 14.5 Å². The number of likely N-dealkylation sites (tertiary alicyclic amines) is 1. The number of ether oxygens (including phenoxy) is 2. The first-order valence-corrected chi connectivity index (χ1v) is 12.0. The minimum Gasteiger partial charge on any atom is -0.507 e. The number of amides is 1. The van der Waals surface area contributed by atoms with Gasteiger partial charge in [0.15, 0.2) is 0 Å². The summed E-state index contributed by atoms with van der Waals surface area (Å²) in [6, 6.07) is 13.9. The summed E-state index contributed by atoms with van der Waals surface area (Å²) in [6.45, 7) is 10.3. The smallest absolute Gasteiger partial charge is 0.295 e. The number of aliphatic hydroxyl groups excluding tert-OH is 1. The van der Waals surface area contributed by atoms with Crippen LogP contribution < -0.4 is 4.74 Å².